The van der Waals surface area contributed by atoms with E-state index in [2.05, 4.69) is 10.1 Å². The number of benzene rings is 1. The minimum atomic E-state index is -0.385. The van der Waals surface area contributed by atoms with Gasteiger partial charge in [0.15, 0.2) is 0 Å². The number of rotatable bonds is 5. The number of methoxy groups -OCH3 is 1. The van der Waals surface area contributed by atoms with E-state index in [4.69, 9.17) is 11.6 Å². The molecule has 1 aromatic heterocycles. The normalized spacial score (nSPS) is 10.3. The summed E-state index contributed by atoms with van der Waals surface area (Å²) in [4.78, 5) is 13.1. The van der Waals surface area contributed by atoms with Crippen molar-refractivity contribution in [3.63, 3.8) is 0 Å². The van der Waals surface area contributed by atoms with E-state index >= 15 is 0 Å². The average Bonchev–Trinajstić information content (AvgIpc) is 2.85. The topological polar surface area (TPSA) is 38.3 Å². The predicted octanol–water partition coefficient (Wildman–Crippen LogP) is 3.87. The molecule has 20 heavy (non-hydrogen) atoms. The summed E-state index contributed by atoms with van der Waals surface area (Å²) in [6.07, 6.45) is 0.252. The van der Waals surface area contributed by atoms with Gasteiger partial charge in [0.05, 0.1) is 24.2 Å². The lowest BCUT2D eigenvalue weighted by atomic mass is 10.3. The number of carbonyl (C=O) groups excluding carboxylic acids is 1. The van der Waals surface area contributed by atoms with Crippen LogP contribution in [0.15, 0.2) is 30.3 Å². The summed E-state index contributed by atoms with van der Waals surface area (Å²) in [6, 6.07) is 8.30. The summed E-state index contributed by atoms with van der Waals surface area (Å²) in [5.74, 6) is -0.660. The van der Waals surface area contributed by atoms with Crippen molar-refractivity contribution in [3.05, 3.63) is 50.9 Å². The van der Waals surface area contributed by atoms with Gasteiger partial charge in [-0.25, -0.2) is 4.39 Å². The average molecular weight is 314 g/mol. The lowest BCUT2D eigenvalue weighted by molar-refractivity contribution is -0.139. The van der Waals surface area contributed by atoms with E-state index in [-0.39, 0.29) is 23.9 Å². The molecule has 0 saturated carbocycles. The zero-order chi connectivity index (χ0) is 14.5. The fraction of sp³-hybridized carbons (Fsp3) is 0.214. The van der Waals surface area contributed by atoms with Crippen molar-refractivity contribution in [3.8, 4) is 0 Å². The first-order chi connectivity index (χ1) is 9.60. The van der Waals surface area contributed by atoms with E-state index in [9.17, 15) is 9.18 Å². The molecule has 0 amide bonds. The highest BCUT2D eigenvalue weighted by molar-refractivity contribution is 7.12. The highest BCUT2D eigenvalue weighted by Gasteiger charge is 2.09. The fourth-order valence-corrected chi connectivity index (χ4v) is 2.84. The number of para-hydroxylation sites is 1. The van der Waals surface area contributed by atoms with Crippen molar-refractivity contribution in [2.24, 2.45) is 0 Å². The van der Waals surface area contributed by atoms with Crippen molar-refractivity contribution in [2.45, 2.75) is 13.0 Å². The number of hydrogen-bond acceptors (Lipinski definition) is 4. The second-order valence-electron chi connectivity index (χ2n) is 4.07. The maximum absolute atomic E-state index is 13.6. The van der Waals surface area contributed by atoms with Crippen molar-refractivity contribution in [2.75, 3.05) is 12.4 Å². The molecule has 0 atom stereocenters. The summed E-state index contributed by atoms with van der Waals surface area (Å²) >= 11 is 7.41. The molecular weight excluding hydrogens is 301 g/mol. The van der Waals surface area contributed by atoms with Gasteiger partial charge in [0.25, 0.3) is 0 Å². The van der Waals surface area contributed by atoms with E-state index in [0.29, 0.717) is 11.6 Å². The Hall–Kier alpha value is -1.59. The Morgan fingerprint density at radius 1 is 1.35 bits per heavy atom. The van der Waals surface area contributed by atoms with E-state index in [1.54, 1.807) is 12.1 Å². The molecule has 2 rings (SSSR count). The maximum Gasteiger partial charge on any atom is 0.310 e. The third kappa shape index (κ3) is 3.71. The van der Waals surface area contributed by atoms with Gasteiger partial charge in [-0.15, -0.1) is 11.3 Å². The van der Waals surface area contributed by atoms with Crippen LogP contribution in [0.25, 0.3) is 0 Å². The summed E-state index contributed by atoms with van der Waals surface area (Å²) in [6.45, 7) is 0.451. The lowest BCUT2D eigenvalue weighted by Crippen LogP contribution is -2.02. The lowest BCUT2D eigenvalue weighted by Gasteiger charge is -2.07. The van der Waals surface area contributed by atoms with Crippen LogP contribution in [0.5, 0.6) is 0 Å². The molecule has 0 bridgehead atoms. The van der Waals surface area contributed by atoms with Crippen molar-refractivity contribution < 1.29 is 13.9 Å². The first kappa shape index (κ1) is 14.8. The van der Waals surface area contributed by atoms with Crippen LogP contribution in [0.1, 0.15) is 9.75 Å². The summed E-state index contributed by atoms with van der Waals surface area (Å²) in [5, 5.41) is 3.31. The number of anilines is 1. The molecule has 0 aliphatic heterocycles. The van der Waals surface area contributed by atoms with Crippen LogP contribution in [0, 0.1) is 5.82 Å². The SMILES string of the molecule is COC(=O)Cc1ccc(CNc2c(F)cccc2Cl)s1. The van der Waals surface area contributed by atoms with Crippen molar-refractivity contribution >= 4 is 34.6 Å². The van der Waals surface area contributed by atoms with Crippen LogP contribution in [0.2, 0.25) is 5.02 Å². The van der Waals surface area contributed by atoms with Crippen molar-refractivity contribution in [1.82, 2.24) is 0 Å². The number of ether oxygens (including phenoxy) is 1. The van der Waals surface area contributed by atoms with Crippen molar-refractivity contribution in [1.29, 1.82) is 0 Å². The van der Waals surface area contributed by atoms with Crippen LogP contribution in [-0.4, -0.2) is 13.1 Å². The Labute approximate surface area is 125 Å². The summed E-state index contributed by atoms with van der Waals surface area (Å²) in [7, 11) is 1.36. The fourth-order valence-electron chi connectivity index (χ4n) is 1.67. The third-order valence-corrected chi connectivity index (χ3v) is 4.07. The number of nitrogens with one attached hydrogen (secondary N) is 1. The molecule has 0 radical (unpaired) electrons. The quantitative estimate of drug-likeness (QED) is 0.852. The first-order valence-corrected chi connectivity index (χ1v) is 7.12. The highest BCUT2D eigenvalue weighted by Crippen LogP contribution is 2.26. The molecule has 2 aromatic rings. The van der Waals surface area contributed by atoms with Gasteiger partial charge in [-0.1, -0.05) is 17.7 Å². The zero-order valence-corrected chi connectivity index (χ0v) is 12.4. The van der Waals surface area contributed by atoms with Gasteiger partial charge >= 0.3 is 5.97 Å². The number of hydrogen-bond donors (Lipinski definition) is 1. The molecule has 3 nitrogen and oxygen atoms in total. The molecule has 0 aliphatic carbocycles. The molecular formula is C14H13ClFNO2S. The zero-order valence-electron chi connectivity index (χ0n) is 10.8. The summed E-state index contributed by atoms with van der Waals surface area (Å²) in [5.41, 5.74) is 0.289. The van der Waals surface area contributed by atoms with Gasteiger partial charge in [-0.3, -0.25) is 4.79 Å². The van der Waals surface area contributed by atoms with Crippen LogP contribution in [0.4, 0.5) is 10.1 Å². The monoisotopic (exact) mass is 313 g/mol. The van der Waals surface area contributed by atoms with E-state index < -0.39 is 0 Å². The number of carbonyl (C=O) groups is 1. The molecule has 6 heteroatoms. The first-order valence-electron chi connectivity index (χ1n) is 5.92. The van der Waals surface area contributed by atoms with Gasteiger partial charge in [0, 0.05) is 16.3 Å². The van der Waals surface area contributed by atoms with E-state index in [0.717, 1.165) is 9.75 Å². The molecule has 0 saturated heterocycles. The molecule has 0 spiro atoms. The van der Waals surface area contributed by atoms with Gasteiger partial charge < -0.3 is 10.1 Å². The Kier molecular flexibility index (Phi) is 4.98. The molecule has 1 heterocycles. The van der Waals surface area contributed by atoms with E-state index in [1.165, 1.54) is 24.5 Å². The predicted molar refractivity (Wildman–Crippen MR) is 78.8 cm³/mol. The Bertz CT molecular complexity index is 595. The largest absolute Gasteiger partial charge is 0.469 e. The second kappa shape index (κ2) is 6.72. The highest BCUT2D eigenvalue weighted by atomic mass is 35.5. The minimum absolute atomic E-state index is 0.252. The standard InChI is InChI=1S/C14H13ClFNO2S/c1-19-13(18)7-9-5-6-10(20-9)8-17-14-11(15)3-2-4-12(14)16/h2-6,17H,7-8H2,1H3. The number of halogens is 2. The third-order valence-electron chi connectivity index (χ3n) is 2.67. The van der Waals surface area contributed by atoms with Crippen LogP contribution in [0.3, 0.4) is 0 Å². The Balaban J connectivity index is 1.99. The molecule has 1 N–H and O–H groups in total. The molecule has 1 aromatic carbocycles. The van der Waals surface area contributed by atoms with Crippen LogP contribution >= 0.6 is 22.9 Å². The molecule has 106 valence electrons. The number of thiophene rings is 1. The number of esters is 1. The van der Waals surface area contributed by atoms with Crippen LogP contribution in [-0.2, 0) is 22.5 Å². The van der Waals surface area contributed by atoms with Crippen LogP contribution < -0.4 is 5.32 Å². The minimum Gasteiger partial charge on any atom is -0.469 e. The van der Waals surface area contributed by atoms with Gasteiger partial charge in [0.1, 0.15) is 5.82 Å². The van der Waals surface area contributed by atoms with Gasteiger partial charge in [-0.2, -0.15) is 0 Å². The molecule has 0 fully saturated rings. The smallest absolute Gasteiger partial charge is 0.310 e. The van der Waals surface area contributed by atoms with Gasteiger partial charge in [-0.05, 0) is 24.3 Å². The Morgan fingerprint density at radius 2 is 2.10 bits per heavy atom. The Morgan fingerprint density at radius 3 is 2.80 bits per heavy atom. The summed E-state index contributed by atoms with van der Waals surface area (Å²) < 4.78 is 18.2. The van der Waals surface area contributed by atoms with Gasteiger partial charge in [0.2, 0.25) is 0 Å². The van der Waals surface area contributed by atoms with E-state index in [1.807, 2.05) is 12.1 Å². The maximum atomic E-state index is 13.6. The molecule has 0 aliphatic rings. The second-order valence-corrected chi connectivity index (χ2v) is 5.73. The molecule has 0 unspecified atom stereocenters.